The van der Waals surface area contributed by atoms with Crippen LogP contribution >= 0.6 is 23.2 Å². The first kappa shape index (κ1) is 32.2. The van der Waals surface area contributed by atoms with E-state index < -0.39 is 78.1 Å². The van der Waals surface area contributed by atoms with Crippen molar-refractivity contribution in [3.05, 3.63) is 69.0 Å². The Bertz CT molecular complexity index is 1450. The quantitative estimate of drug-likeness (QED) is 0.220. The summed E-state index contributed by atoms with van der Waals surface area (Å²) in [7, 11) is -16.5. The van der Waals surface area contributed by atoms with E-state index in [-0.39, 0.29) is 6.42 Å². The molecule has 3 heterocycles. The summed E-state index contributed by atoms with van der Waals surface area (Å²) in [6.45, 7) is 0.941. The molecule has 6 unspecified atom stereocenters. The first-order valence-corrected chi connectivity index (χ1v) is 17.2. The summed E-state index contributed by atoms with van der Waals surface area (Å²) in [6.07, 6.45) is -3.14. The third kappa shape index (κ3) is 8.87. The van der Waals surface area contributed by atoms with Crippen LogP contribution in [0.2, 0.25) is 0 Å². The lowest BCUT2D eigenvalue weighted by molar-refractivity contribution is -0.246. The van der Waals surface area contributed by atoms with Crippen molar-refractivity contribution >= 4 is 23.2 Å². The summed E-state index contributed by atoms with van der Waals surface area (Å²) in [4.78, 5) is 62.2. The average molecular weight is 637 g/mol. The van der Waals surface area contributed by atoms with Crippen LogP contribution in [0.15, 0.2) is 52.2 Å². The molecular weight excluding hydrogens is 609 g/mol. The highest BCUT2D eigenvalue weighted by Gasteiger charge is 2.54. The number of unbranched alkanes of at least 4 members (excludes halogenated alkanes) is 2. The van der Waals surface area contributed by atoms with Gasteiger partial charge in [-0.25, -0.2) is 9.11 Å². The Morgan fingerprint density at radius 3 is 2.32 bits per heavy atom. The second-order valence-corrected chi connectivity index (χ2v) is 14.3. The van der Waals surface area contributed by atoms with Crippen LogP contribution < -0.4 is 25.9 Å². The minimum atomic E-state index is -5.89. The van der Waals surface area contributed by atoms with Crippen molar-refractivity contribution in [3.8, 4) is 0 Å². The molecule has 0 bridgehead atoms. The number of phosphoric ester groups is 1. The third-order valence-electron chi connectivity index (χ3n) is 6.13. The normalized spacial score (nSPS) is 28.4. The molecule has 19 heteroatoms. The zero-order valence-corrected chi connectivity index (χ0v) is 24.4. The third-order valence-corrected chi connectivity index (χ3v) is 10.9. The first-order chi connectivity index (χ1) is 19.3. The first-order valence-electron chi connectivity index (χ1n) is 12.6. The van der Waals surface area contributed by atoms with E-state index in [0.717, 1.165) is 22.4 Å². The van der Waals surface area contributed by atoms with E-state index in [4.69, 9.17) is 14.2 Å². The molecule has 0 aliphatic carbocycles. The molecule has 41 heavy (non-hydrogen) atoms. The molecular formula is C22H28N2O14P3-3. The van der Waals surface area contributed by atoms with Gasteiger partial charge in [-0.15, -0.1) is 0 Å². The number of hydrogen-bond donors (Lipinski definition) is 1. The Morgan fingerprint density at radius 1 is 0.927 bits per heavy atom. The molecule has 1 aromatic carbocycles. The zero-order chi connectivity index (χ0) is 29.8. The second kappa shape index (κ2) is 13.3. The van der Waals surface area contributed by atoms with Gasteiger partial charge in [0.05, 0.1) is 6.61 Å². The molecule has 0 saturated carbocycles. The van der Waals surface area contributed by atoms with Gasteiger partial charge in [0.2, 0.25) is 0 Å². The van der Waals surface area contributed by atoms with Crippen LogP contribution in [0, 0.1) is 0 Å². The number of aromatic amines is 1. The minimum Gasteiger partial charge on any atom is -0.778 e. The van der Waals surface area contributed by atoms with E-state index >= 15 is 0 Å². The fourth-order valence-electron chi connectivity index (χ4n) is 4.36. The van der Waals surface area contributed by atoms with Crippen LogP contribution in [-0.2, 0) is 47.5 Å². The summed E-state index contributed by atoms with van der Waals surface area (Å²) in [5, 5.41) is 0. The maximum Gasteiger partial charge on any atom is 0.330 e. The minimum absolute atomic E-state index is 0.108. The Balaban J connectivity index is 1.45. The molecule has 2 aromatic rings. The maximum absolute atomic E-state index is 12.4. The summed E-state index contributed by atoms with van der Waals surface area (Å²) < 4.78 is 67.5. The van der Waals surface area contributed by atoms with Crippen molar-refractivity contribution in [1.29, 1.82) is 0 Å². The number of nitrogens with zero attached hydrogens (tertiary/aromatic N) is 1. The van der Waals surface area contributed by atoms with Gasteiger partial charge in [-0.1, -0.05) is 50.1 Å². The molecule has 2 aliphatic heterocycles. The zero-order valence-electron chi connectivity index (χ0n) is 21.7. The van der Waals surface area contributed by atoms with Crippen molar-refractivity contribution in [3.63, 3.8) is 0 Å². The topological polar surface area (TPSA) is 231 Å². The van der Waals surface area contributed by atoms with Gasteiger partial charge >= 0.3 is 5.69 Å². The molecule has 16 nitrogen and oxygen atoms in total. The molecule has 0 radical (unpaired) electrons. The standard InChI is InChI=1S/C22H31N2O14P3/c1-2-3-7-12-39(27,28)37-41(31,32)38-40(29,30)33-14-16-19-20(21(34-16)24-11-10-17(25)23-22(24)26)36-18(35-19)13-15-8-5-4-6-9-15/h4-6,8-11,16,18-21H,2-3,7,12-14H2,1H3,(H,27,28)(H,29,30)(H,31,32)(H,23,25,26)/p-3/t16-,18?,19?,20?,21-/m1/s1. The number of hydrogen-bond acceptors (Lipinski definition) is 14. The molecule has 8 atom stereocenters. The largest absolute Gasteiger partial charge is 0.778 e. The smallest absolute Gasteiger partial charge is 0.330 e. The van der Waals surface area contributed by atoms with E-state index in [2.05, 4.69) is 18.1 Å². The molecule has 228 valence electrons. The van der Waals surface area contributed by atoms with E-state index in [0.29, 0.717) is 19.3 Å². The van der Waals surface area contributed by atoms with Gasteiger partial charge in [0, 0.05) is 24.8 Å². The molecule has 2 saturated heterocycles. The Hall–Kier alpha value is -1.77. The fraction of sp³-hybridized carbons (Fsp3) is 0.545. The summed E-state index contributed by atoms with van der Waals surface area (Å²) in [5.41, 5.74) is -0.632. The summed E-state index contributed by atoms with van der Waals surface area (Å²) in [5.74, 6) is 0. The molecule has 1 N–H and O–H groups in total. The van der Waals surface area contributed by atoms with Crippen molar-refractivity contribution in [2.75, 3.05) is 12.8 Å². The Labute approximate surface area is 233 Å². The number of benzene rings is 1. The van der Waals surface area contributed by atoms with Gasteiger partial charge in [-0.2, -0.15) is 0 Å². The van der Waals surface area contributed by atoms with Crippen LogP contribution in [0.4, 0.5) is 0 Å². The molecule has 0 spiro atoms. The van der Waals surface area contributed by atoms with Crippen LogP contribution in [0.25, 0.3) is 0 Å². The van der Waals surface area contributed by atoms with Gasteiger partial charge < -0.3 is 38.0 Å². The van der Waals surface area contributed by atoms with Crippen LogP contribution in [-0.4, -0.2) is 46.9 Å². The predicted octanol–water partition coefficient (Wildman–Crippen LogP) is 0.517. The van der Waals surface area contributed by atoms with Crippen LogP contribution in [0.5, 0.6) is 0 Å². The van der Waals surface area contributed by atoms with E-state index in [1.165, 1.54) is 0 Å². The number of fused-ring (bicyclic) bond motifs is 1. The van der Waals surface area contributed by atoms with Crippen molar-refractivity contribution in [2.45, 2.75) is 63.4 Å². The van der Waals surface area contributed by atoms with E-state index in [1.807, 2.05) is 30.3 Å². The highest BCUT2D eigenvalue weighted by molar-refractivity contribution is 7.66. The van der Waals surface area contributed by atoms with Gasteiger partial charge in [-0.05, 0) is 12.0 Å². The lowest BCUT2D eigenvalue weighted by Gasteiger charge is -2.35. The summed E-state index contributed by atoms with van der Waals surface area (Å²) >= 11 is 0. The van der Waals surface area contributed by atoms with Crippen LogP contribution in [0.3, 0.4) is 0 Å². The number of rotatable bonds is 14. The number of phosphoric acid groups is 2. The molecule has 1 aromatic heterocycles. The number of ether oxygens (including phenoxy) is 3. The summed E-state index contributed by atoms with van der Waals surface area (Å²) in [6, 6.07) is 10.2. The fourth-order valence-corrected chi connectivity index (χ4v) is 8.40. The SMILES string of the molecule is CCCCCP(=O)([O-])OP(=O)([O-])OP(=O)([O-])OC[C@H]1O[C@@H](n2ccc(=O)[nH]c2=O)C2OC(Cc3ccccc3)OC21. The number of nitrogens with one attached hydrogen (secondary N) is 1. The average Bonchev–Trinajstić information content (AvgIpc) is 3.41. The van der Waals surface area contributed by atoms with E-state index in [1.54, 1.807) is 6.92 Å². The Kier molecular flexibility index (Phi) is 10.4. The Morgan fingerprint density at radius 2 is 1.63 bits per heavy atom. The van der Waals surface area contributed by atoms with Gasteiger partial charge in [0.15, 0.2) is 12.5 Å². The number of H-pyrrole nitrogens is 1. The highest BCUT2D eigenvalue weighted by atomic mass is 31.3. The molecule has 2 aliphatic rings. The lowest BCUT2D eigenvalue weighted by Crippen LogP contribution is -2.36. The highest BCUT2D eigenvalue weighted by Crippen LogP contribution is 2.63. The second-order valence-electron chi connectivity index (χ2n) is 9.30. The lowest BCUT2D eigenvalue weighted by atomic mass is 10.1. The molecule has 4 rings (SSSR count). The molecule has 2 fully saturated rings. The monoisotopic (exact) mass is 637 g/mol. The number of aromatic nitrogens is 2. The van der Waals surface area contributed by atoms with Crippen LogP contribution in [0.1, 0.15) is 38.0 Å². The molecule has 0 amide bonds. The van der Waals surface area contributed by atoms with Crippen molar-refractivity contribution in [1.82, 2.24) is 9.55 Å². The van der Waals surface area contributed by atoms with E-state index in [9.17, 15) is 38.0 Å². The van der Waals surface area contributed by atoms with Crippen molar-refractivity contribution in [2.24, 2.45) is 0 Å². The van der Waals surface area contributed by atoms with Gasteiger partial charge in [0.1, 0.15) is 25.9 Å². The van der Waals surface area contributed by atoms with Gasteiger partial charge in [-0.3, -0.25) is 27.8 Å². The van der Waals surface area contributed by atoms with Crippen molar-refractivity contribution < 1.29 is 55.7 Å². The maximum atomic E-state index is 12.4. The van der Waals surface area contributed by atoms with Gasteiger partial charge in [0.25, 0.3) is 21.2 Å². The predicted molar refractivity (Wildman–Crippen MR) is 134 cm³/mol.